The van der Waals surface area contributed by atoms with Crippen LogP contribution in [0.2, 0.25) is 0 Å². The van der Waals surface area contributed by atoms with Gasteiger partial charge < -0.3 is 0 Å². The fourth-order valence-corrected chi connectivity index (χ4v) is 3.42. The Morgan fingerprint density at radius 2 is 1.88 bits per heavy atom. The van der Waals surface area contributed by atoms with E-state index in [9.17, 15) is 13.2 Å². The van der Waals surface area contributed by atoms with Gasteiger partial charge in [-0.25, -0.2) is 0 Å². The summed E-state index contributed by atoms with van der Waals surface area (Å²) < 4.78 is 39.7. The summed E-state index contributed by atoms with van der Waals surface area (Å²) in [7, 11) is 0. The largest absolute Gasteiger partial charge is 0.442 e. The van der Waals surface area contributed by atoms with Gasteiger partial charge in [-0.05, 0) is 34.2 Å². The minimum atomic E-state index is -4.44. The Morgan fingerprint density at radius 1 is 1.25 bits per heavy atom. The highest BCUT2D eigenvalue weighted by Gasteiger charge is 2.65. The van der Waals surface area contributed by atoms with Crippen LogP contribution in [0, 0.1) is 3.57 Å². The van der Waals surface area contributed by atoms with E-state index in [0.717, 1.165) is 13.6 Å². The minimum Gasteiger partial charge on any atom is -0.166 e. The molecule has 2 rings (SSSR count). The van der Waals surface area contributed by atoms with Crippen LogP contribution in [-0.2, 0) is 10.1 Å². The lowest BCUT2D eigenvalue weighted by molar-refractivity contribution is -0.166. The van der Waals surface area contributed by atoms with Crippen LogP contribution < -0.4 is 0 Å². The standard InChI is InChI=1S/C9H5F3I2N2/c10-9(11,12)8(15-16-8)6-2-1-5(4-13)7(14)3-6/h1-3H,4H2. The number of rotatable bonds is 2. The molecule has 7 heteroatoms. The molecular formula is C9H5F3I2N2. The highest BCUT2D eigenvalue weighted by molar-refractivity contribution is 14.1. The first kappa shape index (κ1) is 12.5. The van der Waals surface area contributed by atoms with Gasteiger partial charge in [0.05, 0.1) is 0 Å². The van der Waals surface area contributed by atoms with Crippen molar-refractivity contribution >= 4 is 45.2 Å². The molecule has 86 valence electrons. The van der Waals surface area contributed by atoms with Gasteiger partial charge >= 0.3 is 11.8 Å². The smallest absolute Gasteiger partial charge is 0.166 e. The van der Waals surface area contributed by atoms with Crippen molar-refractivity contribution in [2.45, 2.75) is 16.3 Å². The van der Waals surface area contributed by atoms with E-state index in [4.69, 9.17) is 0 Å². The van der Waals surface area contributed by atoms with E-state index in [1.807, 2.05) is 22.6 Å². The molecule has 0 atom stereocenters. The van der Waals surface area contributed by atoms with Crippen molar-refractivity contribution in [3.8, 4) is 0 Å². The summed E-state index contributed by atoms with van der Waals surface area (Å²) in [4.78, 5) is 0. The minimum absolute atomic E-state index is 0.0954. The summed E-state index contributed by atoms with van der Waals surface area (Å²) in [5.41, 5.74) is -1.18. The van der Waals surface area contributed by atoms with Crippen LogP contribution in [0.15, 0.2) is 28.4 Å². The van der Waals surface area contributed by atoms with Crippen LogP contribution in [-0.4, -0.2) is 6.18 Å². The maximum absolute atomic E-state index is 12.7. The third kappa shape index (κ3) is 1.95. The molecule has 0 bridgehead atoms. The summed E-state index contributed by atoms with van der Waals surface area (Å²) >= 11 is 4.20. The lowest BCUT2D eigenvalue weighted by atomic mass is 10.0. The van der Waals surface area contributed by atoms with Gasteiger partial charge in [0.2, 0.25) is 0 Å². The van der Waals surface area contributed by atoms with Crippen LogP contribution in [0.25, 0.3) is 0 Å². The maximum Gasteiger partial charge on any atom is 0.442 e. The van der Waals surface area contributed by atoms with Crippen molar-refractivity contribution in [3.05, 3.63) is 32.9 Å². The molecule has 0 N–H and O–H groups in total. The molecule has 1 aromatic rings. The first-order valence-electron chi connectivity index (χ1n) is 4.26. The molecule has 16 heavy (non-hydrogen) atoms. The topological polar surface area (TPSA) is 24.7 Å². The van der Waals surface area contributed by atoms with Crippen LogP contribution in [0.5, 0.6) is 0 Å². The third-order valence-electron chi connectivity index (χ3n) is 2.29. The number of alkyl halides is 4. The van der Waals surface area contributed by atoms with Crippen LogP contribution in [0.4, 0.5) is 13.2 Å². The van der Waals surface area contributed by atoms with Crippen LogP contribution in [0.3, 0.4) is 0 Å². The molecule has 0 amide bonds. The Hall–Kier alpha value is 0.0700. The maximum atomic E-state index is 12.7. The van der Waals surface area contributed by atoms with Crippen molar-refractivity contribution in [2.24, 2.45) is 10.2 Å². The van der Waals surface area contributed by atoms with E-state index in [2.05, 4.69) is 32.8 Å². The van der Waals surface area contributed by atoms with E-state index in [0.29, 0.717) is 0 Å². The van der Waals surface area contributed by atoms with Gasteiger partial charge in [-0.3, -0.25) is 0 Å². The van der Waals surface area contributed by atoms with Crippen LogP contribution >= 0.6 is 45.2 Å². The number of benzene rings is 1. The van der Waals surface area contributed by atoms with E-state index < -0.39 is 11.8 Å². The molecule has 2 nitrogen and oxygen atoms in total. The quantitative estimate of drug-likeness (QED) is 0.470. The molecule has 0 spiro atoms. The summed E-state index contributed by atoms with van der Waals surface area (Å²) in [5, 5.41) is 6.33. The van der Waals surface area contributed by atoms with Crippen molar-refractivity contribution in [1.82, 2.24) is 0 Å². The predicted octanol–water partition coefficient (Wildman–Crippen LogP) is 4.41. The summed E-state index contributed by atoms with van der Waals surface area (Å²) in [6.07, 6.45) is -4.44. The summed E-state index contributed by atoms with van der Waals surface area (Å²) in [6, 6.07) is 4.64. The van der Waals surface area contributed by atoms with Crippen molar-refractivity contribution < 1.29 is 13.2 Å². The number of nitrogens with zero attached hydrogens (tertiary/aromatic N) is 2. The average molecular weight is 452 g/mol. The van der Waals surface area contributed by atoms with E-state index >= 15 is 0 Å². The normalized spacial score (nSPS) is 17.6. The molecule has 0 aliphatic carbocycles. The molecule has 0 saturated heterocycles. The van der Waals surface area contributed by atoms with Crippen LogP contribution in [0.1, 0.15) is 11.1 Å². The zero-order chi connectivity index (χ0) is 12.0. The molecule has 0 aromatic heterocycles. The van der Waals surface area contributed by atoms with Gasteiger partial charge in [0.25, 0.3) is 0 Å². The highest BCUT2D eigenvalue weighted by atomic mass is 127. The Labute approximate surface area is 117 Å². The first-order chi connectivity index (χ1) is 7.40. The van der Waals surface area contributed by atoms with Crippen molar-refractivity contribution in [1.29, 1.82) is 0 Å². The molecule has 1 aliphatic rings. The molecule has 1 aliphatic heterocycles. The number of hydrogen-bond donors (Lipinski definition) is 0. The van der Waals surface area contributed by atoms with Gasteiger partial charge in [-0.1, -0.05) is 34.7 Å². The monoisotopic (exact) mass is 452 g/mol. The Morgan fingerprint density at radius 3 is 2.25 bits per heavy atom. The second kappa shape index (κ2) is 4.07. The molecule has 0 saturated carbocycles. The molecule has 0 unspecified atom stereocenters. The molecular weight excluding hydrogens is 447 g/mol. The molecule has 1 aromatic carbocycles. The average Bonchev–Trinajstić information content (AvgIpc) is 2.97. The predicted molar refractivity (Wildman–Crippen MR) is 69.5 cm³/mol. The van der Waals surface area contributed by atoms with E-state index in [1.165, 1.54) is 12.1 Å². The fraction of sp³-hybridized carbons (Fsp3) is 0.333. The molecule has 0 fully saturated rings. The summed E-state index contributed by atoms with van der Waals surface area (Å²) in [5.74, 6) is 0. The van der Waals surface area contributed by atoms with E-state index in [1.54, 1.807) is 6.07 Å². The summed E-state index contributed by atoms with van der Waals surface area (Å²) in [6.45, 7) is 0. The SMILES string of the molecule is FC(F)(F)C1(c2ccc(CI)c(I)c2)N=N1. The Kier molecular flexibility index (Phi) is 3.19. The van der Waals surface area contributed by atoms with Gasteiger partial charge in [0.1, 0.15) is 0 Å². The highest BCUT2D eigenvalue weighted by Crippen LogP contribution is 2.52. The lowest BCUT2D eigenvalue weighted by Gasteiger charge is -2.15. The van der Waals surface area contributed by atoms with Crippen molar-refractivity contribution in [3.63, 3.8) is 0 Å². The van der Waals surface area contributed by atoms with Crippen molar-refractivity contribution in [2.75, 3.05) is 0 Å². The fourth-order valence-electron chi connectivity index (χ4n) is 1.32. The Bertz CT molecular complexity index is 451. The molecule has 0 radical (unpaired) electrons. The Balaban J connectivity index is 2.40. The second-order valence-electron chi connectivity index (χ2n) is 3.31. The van der Waals surface area contributed by atoms with E-state index in [-0.39, 0.29) is 5.56 Å². The zero-order valence-corrected chi connectivity index (χ0v) is 12.0. The van der Waals surface area contributed by atoms with Gasteiger partial charge in [0, 0.05) is 13.6 Å². The van der Waals surface area contributed by atoms with Gasteiger partial charge in [-0.15, -0.1) is 10.2 Å². The molecule has 1 heterocycles. The lowest BCUT2D eigenvalue weighted by Crippen LogP contribution is -2.30. The van der Waals surface area contributed by atoms with Gasteiger partial charge in [-0.2, -0.15) is 13.2 Å². The number of halogens is 5. The van der Waals surface area contributed by atoms with Gasteiger partial charge in [0.15, 0.2) is 0 Å². The second-order valence-corrected chi connectivity index (χ2v) is 5.23. The first-order valence-corrected chi connectivity index (χ1v) is 6.87. The number of hydrogen-bond acceptors (Lipinski definition) is 2. The third-order valence-corrected chi connectivity index (χ3v) is 4.12. The zero-order valence-electron chi connectivity index (χ0n) is 7.72.